The lowest BCUT2D eigenvalue weighted by Gasteiger charge is -2.30. The van der Waals surface area contributed by atoms with Gasteiger partial charge in [-0.2, -0.15) is 0 Å². The smallest absolute Gasteiger partial charge is 0.329 e. The Balaban J connectivity index is 4.80. The SMILES string of the molecule is CCCC(C)(NC(=O)N(CCO)CC(F)F)C(=O)O. The van der Waals surface area contributed by atoms with Gasteiger partial charge in [-0.1, -0.05) is 13.3 Å². The van der Waals surface area contributed by atoms with E-state index in [1.54, 1.807) is 6.92 Å². The molecule has 0 fully saturated rings. The summed E-state index contributed by atoms with van der Waals surface area (Å²) in [5.74, 6) is -1.23. The van der Waals surface area contributed by atoms with Crippen LogP contribution in [0.5, 0.6) is 0 Å². The molecular formula is C11H20F2N2O4. The first-order chi connectivity index (χ1) is 8.76. The first kappa shape index (κ1) is 17.6. The van der Waals surface area contributed by atoms with Crippen LogP contribution in [0.4, 0.5) is 13.6 Å². The Morgan fingerprint density at radius 2 is 2.00 bits per heavy atom. The van der Waals surface area contributed by atoms with Gasteiger partial charge in [0.25, 0.3) is 6.43 Å². The van der Waals surface area contributed by atoms with Gasteiger partial charge in [0.05, 0.1) is 13.2 Å². The number of halogens is 2. The minimum absolute atomic E-state index is 0.176. The lowest BCUT2D eigenvalue weighted by molar-refractivity contribution is -0.144. The fraction of sp³-hybridized carbons (Fsp3) is 0.818. The van der Waals surface area contributed by atoms with Crippen LogP contribution in [0, 0.1) is 0 Å². The number of aliphatic hydroxyl groups excluding tert-OH is 1. The molecule has 8 heteroatoms. The summed E-state index contributed by atoms with van der Waals surface area (Å²) >= 11 is 0. The molecule has 0 aromatic carbocycles. The number of carbonyl (C=O) groups is 2. The standard InChI is InChI=1S/C11H20F2N2O4/c1-3-4-11(2,9(17)18)14-10(19)15(5-6-16)7-8(12)13/h8,16H,3-7H2,1-2H3,(H,14,19)(H,17,18). The molecule has 0 saturated heterocycles. The number of nitrogens with zero attached hydrogens (tertiary/aromatic N) is 1. The zero-order valence-electron chi connectivity index (χ0n) is 11.0. The fourth-order valence-corrected chi connectivity index (χ4v) is 1.60. The number of nitrogens with one attached hydrogen (secondary N) is 1. The number of carboxylic acids is 1. The van der Waals surface area contributed by atoms with E-state index < -0.39 is 37.1 Å². The molecule has 0 aromatic rings. The van der Waals surface area contributed by atoms with Crippen LogP contribution in [0.15, 0.2) is 0 Å². The Hall–Kier alpha value is -1.44. The first-order valence-electron chi connectivity index (χ1n) is 5.96. The summed E-state index contributed by atoms with van der Waals surface area (Å²) in [6, 6.07) is -0.923. The molecular weight excluding hydrogens is 262 g/mol. The van der Waals surface area contributed by atoms with Crippen LogP contribution >= 0.6 is 0 Å². The highest BCUT2D eigenvalue weighted by Gasteiger charge is 2.35. The quantitative estimate of drug-likeness (QED) is 0.617. The van der Waals surface area contributed by atoms with Crippen LogP contribution in [-0.4, -0.2) is 58.8 Å². The van der Waals surface area contributed by atoms with Crippen LogP contribution in [0.25, 0.3) is 0 Å². The van der Waals surface area contributed by atoms with Crippen LogP contribution in [0.2, 0.25) is 0 Å². The molecule has 2 amide bonds. The third-order valence-electron chi connectivity index (χ3n) is 2.62. The number of hydrogen-bond donors (Lipinski definition) is 3. The van der Waals surface area contributed by atoms with Gasteiger partial charge in [-0.25, -0.2) is 18.4 Å². The zero-order valence-corrected chi connectivity index (χ0v) is 11.0. The number of carboxylic acid groups (broad SMARTS) is 1. The molecule has 0 rings (SSSR count). The third-order valence-corrected chi connectivity index (χ3v) is 2.62. The van der Waals surface area contributed by atoms with E-state index in [0.717, 1.165) is 0 Å². The topological polar surface area (TPSA) is 89.9 Å². The van der Waals surface area contributed by atoms with Crippen molar-refractivity contribution in [1.82, 2.24) is 10.2 Å². The van der Waals surface area contributed by atoms with Gasteiger partial charge in [-0.05, 0) is 13.3 Å². The molecule has 0 bridgehead atoms. The summed E-state index contributed by atoms with van der Waals surface area (Å²) in [6.07, 6.45) is -2.06. The second-order valence-electron chi connectivity index (χ2n) is 4.38. The van der Waals surface area contributed by atoms with Gasteiger partial charge in [-0.15, -0.1) is 0 Å². The molecule has 0 aromatic heterocycles. The van der Waals surface area contributed by atoms with Crippen LogP contribution in [0.3, 0.4) is 0 Å². The molecule has 3 N–H and O–H groups in total. The van der Waals surface area contributed by atoms with Gasteiger partial charge < -0.3 is 20.4 Å². The monoisotopic (exact) mass is 282 g/mol. The Morgan fingerprint density at radius 3 is 2.37 bits per heavy atom. The first-order valence-corrected chi connectivity index (χ1v) is 5.96. The third kappa shape index (κ3) is 5.82. The molecule has 6 nitrogen and oxygen atoms in total. The zero-order chi connectivity index (χ0) is 15.1. The predicted octanol–water partition coefficient (Wildman–Crippen LogP) is 0.899. The summed E-state index contributed by atoms with van der Waals surface area (Å²) < 4.78 is 24.6. The van der Waals surface area contributed by atoms with E-state index >= 15 is 0 Å². The van der Waals surface area contributed by atoms with Gasteiger partial charge in [-0.3, -0.25) is 0 Å². The van der Waals surface area contributed by atoms with Crippen LogP contribution in [-0.2, 0) is 4.79 Å². The molecule has 0 aliphatic rings. The maximum absolute atomic E-state index is 12.3. The van der Waals surface area contributed by atoms with Crippen molar-refractivity contribution < 1.29 is 28.6 Å². The van der Waals surface area contributed by atoms with Crippen molar-refractivity contribution in [3.8, 4) is 0 Å². The van der Waals surface area contributed by atoms with Crippen molar-refractivity contribution in [3.63, 3.8) is 0 Å². The lowest BCUT2D eigenvalue weighted by atomic mass is 9.96. The molecule has 0 spiro atoms. The average Bonchev–Trinajstić information content (AvgIpc) is 2.27. The van der Waals surface area contributed by atoms with Crippen LogP contribution < -0.4 is 5.32 Å². The van der Waals surface area contributed by atoms with E-state index in [-0.39, 0.29) is 13.0 Å². The molecule has 1 unspecified atom stereocenters. The number of aliphatic carboxylic acids is 1. The number of amides is 2. The minimum Gasteiger partial charge on any atom is -0.480 e. The van der Waals surface area contributed by atoms with Crippen LogP contribution in [0.1, 0.15) is 26.7 Å². The van der Waals surface area contributed by atoms with E-state index in [9.17, 15) is 18.4 Å². The highest BCUT2D eigenvalue weighted by Crippen LogP contribution is 2.13. The maximum Gasteiger partial charge on any atom is 0.329 e. The number of alkyl halides is 2. The molecule has 0 aliphatic carbocycles. The highest BCUT2D eigenvalue weighted by molar-refractivity contribution is 5.85. The molecule has 0 saturated carbocycles. The Bertz CT molecular complexity index is 315. The van der Waals surface area contributed by atoms with Gasteiger partial charge in [0.15, 0.2) is 0 Å². The number of carbonyl (C=O) groups excluding carboxylic acids is 1. The minimum atomic E-state index is -2.75. The van der Waals surface area contributed by atoms with E-state index in [4.69, 9.17) is 10.2 Å². The van der Waals surface area contributed by atoms with Crippen molar-refractivity contribution in [2.45, 2.75) is 38.7 Å². The average molecular weight is 282 g/mol. The van der Waals surface area contributed by atoms with E-state index in [2.05, 4.69) is 5.32 Å². The largest absolute Gasteiger partial charge is 0.480 e. The molecule has 0 heterocycles. The molecule has 1 atom stereocenters. The van der Waals surface area contributed by atoms with Gasteiger partial charge in [0.1, 0.15) is 5.54 Å². The normalized spacial score (nSPS) is 14.0. The van der Waals surface area contributed by atoms with E-state index in [1.165, 1.54) is 6.92 Å². The fourth-order valence-electron chi connectivity index (χ4n) is 1.60. The molecule has 112 valence electrons. The second kappa shape index (κ2) is 7.88. The summed E-state index contributed by atoms with van der Waals surface area (Å²) in [6.45, 7) is 1.46. The maximum atomic E-state index is 12.3. The van der Waals surface area contributed by atoms with Crippen molar-refractivity contribution >= 4 is 12.0 Å². The second-order valence-corrected chi connectivity index (χ2v) is 4.38. The van der Waals surface area contributed by atoms with Crippen molar-refractivity contribution in [2.24, 2.45) is 0 Å². The Labute approximate surface area is 110 Å². The lowest BCUT2D eigenvalue weighted by Crippen LogP contribution is -2.57. The number of hydrogen-bond acceptors (Lipinski definition) is 3. The summed E-state index contributed by atoms with van der Waals surface area (Å²) in [4.78, 5) is 23.6. The Kier molecular flexibility index (Phi) is 7.28. The summed E-state index contributed by atoms with van der Waals surface area (Å²) in [5, 5.41) is 20.0. The van der Waals surface area contributed by atoms with Crippen molar-refractivity contribution in [1.29, 1.82) is 0 Å². The van der Waals surface area contributed by atoms with Gasteiger partial charge in [0.2, 0.25) is 0 Å². The van der Waals surface area contributed by atoms with Crippen molar-refractivity contribution in [3.05, 3.63) is 0 Å². The number of aliphatic hydroxyl groups is 1. The highest BCUT2D eigenvalue weighted by atomic mass is 19.3. The van der Waals surface area contributed by atoms with E-state index in [1.807, 2.05) is 0 Å². The molecule has 19 heavy (non-hydrogen) atoms. The predicted molar refractivity (Wildman–Crippen MR) is 64.1 cm³/mol. The Morgan fingerprint density at radius 1 is 1.42 bits per heavy atom. The summed E-state index contributed by atoms with van der Waals surface area (Å²) in [7, 11) is 0. The molecule has 0 radical (unpaired) electrons. The van der Waals surface area contributed by atoms with Crippen molar-refractivity contribution in [2.75, 3.05) is 19.7 Å². The molecule has 0 aliphatic heterocycles. The number of urea groups is 1. The van der Waals surface area contributed by atoms with Gasteiger partial charge in [0, 0.05) is 6.54 Å². The van der Waals surface area contributed by atoms with E-state index in [0.29, 0.717) is 11.3 Å². The van der Waals surface area contributed by atoms with Gasteiger partial charge >= 0.3 is 12.0 Å². The number of rotatable bonds is 8. The summed E-state index contributed by atoms with van der Waals surface area (Å²) in [5.41, 5.74) is -1.51.